The first kappa shape index (κ1) is 12.3. The molecule has 0 spiro atoms. The first-order chi connectivity index (χ1) is 8.11. The Morgan fingerprint density at radius 1 is 1.71 bits per heavy atom. The summed E-state index contributed by atoms with van der Waals surface area (Å²) in [6.45, 7) is 3.87. The Hall–Kier alpha value is -1.17. The molecule has 1 aromatic heterocycles. The molecule has 5 nitrogen and oxygen atoms in total. The van der Waals surface area contributed by atoms with Crippen LogP contribution in [-0.4, -0.2) is 23.0 Å². The molecule has 1 fully saturated rings. The summed E-state index contributed by atoms with van der Waals surface area (Å²) in [6, 6.07) is 1.52. The molecule has 1 aromatic rings. The molecule has 1 saturated heterocycles. The quantitative estimate of drug-likeness (QED) is 0.636. The summed E-state index contributed by atoms with van der Waals surface area (Å²) in [5, 5.41) is 11.0. The van der Waals surface area contributed by atoms with Crippen LogP contribution in [0.4, 0.5) is 11.5 Å². The monoisotopic (exact) mass is 299 g/mol. The Balaban J connectivity index is 2.29. The molecule has 0 amide bonds. The number of rotatable bonds is 3. The lowest BCUT2D eigenvalue weighted by atomic mass is 10.1. The Bertz CT molecular complexity index is 439. The lowest BCUT2D eigenvalue weighted by molar-refractivity contribution is -0.384. The van der Waals surface area contributed by atoms with Crippen molar-refractivity contribution in [1.29, 1.82) is 0 Å². The second-order valence-corrected chi connectivity index (χ2v) is 5.18. The van der Waals surface area contributed by atoms with Gasteiger partial charge in [0.05, 0.1) is 4.92 Å². The predicted molar refractivity (Wildman–Crippen MR) is 69.2 cm³/mol. The van der Waals surface area contributed by atoms with E-state index in [0.29, 0.717) is 16.2 Å². The van der Waals surface area contributed by atoms with Crippen LogP contribution in [0.3, 0.4) is 0 Å². The molecule has 0 bridgehead atoms. The first-order valence-corrected chi connectivity index (χ1v) is 6.46. The normalized spacial score (nSPS) is 19.6. The number of pyridine rings is 1. The van der Waals surface area contributed by atoms with E-state index in [1.807, 2.05) is 4.90 Å². The van der Waals surface area contributed by atoms with Crippen LogP contribution in [0.1, 0.15) is 19.8 Å². The van der Waals surface area contributed by atoms with Gasteiger partial charge in [0.15, 0.2) is 0 Å². The number of hydrogen-bond donors (Lipinski definition) is 0. The van der Waals surface area contributed by atoms with Crippen LogP contribution in [0.5, 0.6) is 0 Å². The highest BCUT2D eigenvalue weighted by molar-refractivity contribution is 9.10. The number of halogens is 1. The molecule has 0 saturated carbocycles. The Labute approximate surface area is 108 Å². The molecular weight excluding hydrogens is 286 g/mol. The summed E-state index contributed by atoms with van der Waals surface area (Å²) in [4.78, 5) is 16.8. The highest BCUT2D eigenvalue weighted by Gasteiger charge is 2.28. The van der Waals surface area contributed by atoms with Crippen LogP contribution in [-0.2, 0) is 0 Å². The molecule has 17 heavy (non-hydrogen) atoms. The third-order valence-corrected chi connectivity index (χ3v) is 3.61. The molecule has 0 N–H and O–H groups in total. The van der Waals surface area contributed by atoms with Crippen molar-refractivity contribution in [2.75, 3.05) is 18.0 Å². The van der Waals surface area contributed by atoms with Gasteiger partial charge in [-0.05, 0) is 28.3 Å². The Kier molecular flexibility index (Phi) is 3.61. The van der Waals surface area contributed by atoms with Gasteiger partial charge in [0.2, 0.25) is 5.82 Å². The third-order valence-electron chi connectivity index (χ3n) is 3.17. The molecule has 0 radical (unpaired) electrons. The van der Waals surface area contributed by atoms with E-state index in [4.69, 9.17) is 0 Å². The van der Waals surface area contributed by atoms with E-state index in [-0.39, 0.29) is 10.6 Å². The van der Waals surface area contributed by atoms with Gasteiger partial charge in [0.25, 0.3) is 0 Å². The van der Waals surface area contributed by atoms with Crippen LogP contribution in [0, 0.1) is 16.0 Å². The highest BCUT2D eigenvalue weighted by Crippen LogP contribution is 2.32. The zero-order valence-corrected chi connectivity index (χ0v) is 11.2. The molecule has 1 aliphatic heterocycles. The maximum absolute atomic E-state index is 11.0. The van der Waals surface area contributed by atoms with Crippen molar-refractivity contribution in [2.45, 2.75) is 19.8 Å². The van der Waals surface area contributed by atoms with Gasteiger partial charge in [-0.3, -0.25) is 10.1 Å². The summed E-state index contributed by atoms with van der Waals surface area (Å²) >= 11 is 3.21. The molecule has 92 valence electrons. The first-order valence-electron chi connectivity index (χ1n) is 5.66. The largest absolute Gasteiger partial charge is 0.351 e. The van der Waals surface area contributed by atoms with Gasteiger partial charge >= 0.3 is 5.69 Å². The average molecular weight is 300 g/mol. The molecule has 0 aromatic carbocycles. The van der Waals surface area contributed by atoms with Gasteiger partial charge in [-0.25, -0.2) is 4.98 Å². The molecule has 2 rings (SSSR count). The van der Waals surface area contributed by atoms with E-state index in [1.54, 1.807) is 6.20 Å². The van der Waals surface area contributed by atoms with Crippen LogP contribution in [0.15, 0.2) is 16.7 Å². The second kappa shape index (κ2) is 5.00. The minimum atomic E-state index is -0.369. The van der Waals surface area contributed by atoms with Crippen LogP contribution in [0.25, 0.3) is 0 Å². The number of aromatic nitrogens is 1. The topological polar surface area (TPSA) is 59.3 Å². The number of hydrogen-bond acceptors (Lipinski definition) is 4. The molecule has 0 aliphatic carbocycles. The molecule has 1 aliphatic rings. The smallest absolute Gasteiger partial charge is 0.312 e. The highest BCUT2D eigenvalue weighted by atomic mass is 79.9. The summed E-state index contributed by atoms with van der Waals surface area (Å²) in [5.41, 5.74) is 0.0797. The van der Waals surface area contributed by atoms with Gasteiger partial charge in [-0.1, -0.05) is 13.3 Å². The van der Waals surface area contributed by atoms with E-state index < -0.39 is 0 Å². The zero-order valence-electron chi connectivity index (χ0n) is 9.60. The average Bonchev–Trinajstić information content (AvgIpc) is 2.77. The fraction of sp³-hybridized carbons (Fsp3) is 0.545. The van der Waals surface area contributed by atoms with E-state index in [1.165, 1.54) is 6.07 Å². The predicted octanol–water partition coefficient (Wildman–Crippen LogP) is 2.99. The summed E-state index contributed by atoms with van der Waals surface area (Å²) in [5.74, 6) is 1.12. The standard InChI is InChI=1S/C11H14BrN3O2/c1-2-8-3-4-14(7-8)11-10(15(16)17)5-9(12)6-13-11/h5-6,8H,2-4,7H2,1H3. The van der Waals surface area contributed by atoms with Crippen molar-refractivity contribution in [3.05, 3.63) is 26.9 Å². The summed E-state index contributed by atoms with van der Waals surface area (Å²) in [7, 11) is 0. The number of nitro groups is 1. The van der Waals surface area contributed by atoms with E-state index in [9.17, 15) is 10.1 Å². The number of nitrogens with zero attached hydrogens (tertiary/aromatic N) is 3. The maximum Gasteiger partial charge on any atom is 0.312 e. The maximum atomic E-state index is 11.0. The lowest BCUT2D eigenvalue weighted by Crippen LogP contribution is -2.21. The van der Waals surface area contributed by atoms with Gasteiger partial charge in [-0.15, -0.1) is 0 Å². The number of anilines is 1. The Morgan fingerprint density at radius 3 is 3.06 bits per heavy atom. The van der Waals surface area contributed by atoms with E-state index in [2.05, 4.69) is 27.8 Å². The van der Waals surface area contributed by atoms with E-state index >= 15 is 0 Å². The molecular formula is C11H14BrN3O2. The van der Waals surface area contributed by atoms with Crippen LogP contribution in [0.2, 0.25) is 0 Å². The second-order valence-electron chi connectivity index (χ2n) is 4.26. The van der Waals surface area contributed by atoms with Crippen molar-refractivity contribution in [3.63, 3.8) is 0 Å². The van der Waals surface area contributed by atoms with Crippen LogP contribution >= 0.6 is 15.9 Å². The molecule has 1 unspecified atom stereocenters. The Morgan fingerprint density at radius 2 is 2.47 bits per heavy atom. The summed E-state index contributed by atoms with van der Waals surface area (Å²) < 4.78 is 0.638. The lowest BCUT2D eigenvalue weighted by Gasteiger charge is -2.16. The van der Waals surface area contributed by atoms with Gasteiger partial charge in [0, 0.05) is 29.8 Å². The molecule has 6 heteroatoms. The van der Waals surface area contributed by atoms with Crippen molar-refractivity contribution >= 4 is 27.4 Å². The van der Waals surface area contributed by atoms with Crippen molar-refractivity contribution in [1.82, 2.24) is 4.98 Å². The fourth-order valence-corrected chi connectivity index (χ4v) is 2.48. The minimum absolute atomic E-state index is 0.0797. The van der Waals surface area contributed by atoms with Crippen molar-refractivity contribution < 1.29 is 4.92 Å². The van der Waals surface area contributed by atoms with Gasteiger partial charge in [0.1, 0.15) is 0 Å². The SMILES string of the molecule is CCC1CCN(c2ncc(Br)cc2[N+](=O)[O-])C1. The zero-order chi connectivity index (χ0) is 12.4. The molecule has 2 heterocycles. The van der Waals surface area contributed by atoms with E-state index in [0.717, 1.165) is 25.9 Å². The van der Waals surface area contributed by atoms with Crippen molar-refractivity contribution in [2.24, 2.45) is 5.92 Å². The fourth-order valence-electron chi connectivity index (χ4n) is 2.16. The summed E-state index contributed by atoms with van der Waals surface area (Å²) in [6.07, 6.45) is 3.81. The van der Waals surface area contributed by atoms with Crippen LogP contribution < -0.4 is 4.90 Å². The van der Waals surface area contributed by atoms with Gasteiger partial charge < -0.3 is 4.90 Å². The third kappa shape index (κ3) is 2.57. The van der Waals surface area contributed by atoms with Gasteiger partial charge in [-0.2, -0.15) is 0 Å². The van der Waals surface area contributed by atoms with Crippen molar-refractivity contribution in [3.8, 4) is 0 Å². The molecule has 1 atom stereocenters. The minimum Gasteiger partial charge on any atom is -0.351 e.